The number of aromatic nitrogens is 4. The van der Waals surface area contributed by atoms with E-state index in [9.17, 15) is 4.79 Å². The summed E-state index contributed by atoms with van der Waals surface area (Å²) in [4.78, 5) is 16.2. The van der Waals surface area contributed by atoms with Crippen molar-refractivity contribution < 1.29 is 9.53 Å². The molecule has 4 rings (SSSR count). The zero-order valence-corrected chi connectivity index (χ0v) is 16.4. The minimum absolute atomic E-state index is 0.263. The van der Waals surface area contributed by atoms with E-state index in [0.29, 0.717) is 37.7 Å². The van der Waals surface area contributed by atoms with E-state index in [1.165, 1.54) is 0 Å². The third-order valence-electron chi connectivity index (χ3n) is 4.54. The van der Waals surface area contributed by atoms with Crippen LogP contribution < -0.4 is 4.90 Å². The highest BCUT2D eigenvalue weighted by Gasteiger charge is 2.26. The first kappa shape index (κ1) is 18.2. The maximum absolute atomic E-state index is 12.2. The summed E-state index contributed by atoms with van der Waals surface area (Å²) in [5.74, 6) is 1.55. The molecule has 1 fully saturated rings. The predicted octanol–water partition coefficient (Wildman–Crippen LogP) is 2.85. The largest absolute Gasteiger partial charge is 0.444 e. The normalized spacial score (nSPS) is 15.1. The first-order valence-corrected chi connectivity index (χ1v) is 9.41. The number of benzene rings is 1. The van der Waals surface area contributed by atoms with Crippen LogP contribution >= 0.6 is 0 Å². The second kappa shape index (κ2) is 7.10. The molecular formula is C20H24N6O2. The second-order valence-electron chi connectivity index (χ2n) is 7.81. The number of anilines is 1. The summed E-state index contributed by atoms with van der Waals surface area (Å²) < 4.78 is 7.23. The van der Waals surface area contributed by atoms with Gasteiger partial charge in [0.1, 0.15) is 11.4 Å². The number of carbonyl (C=O) groups excluding carboxylic acids is 1. The van der Waals surface area contributed by atoms with E-state index in [1.54, 1.807) is 9.42 Å². The van der Waals surface area contributed by atoms with Crippen LogP contribution in [0.15, 0.2) is 42.5 Å². The average Bonchev–Trinajstić information content (AvgIpc) is 3.11. The van der Waals surface area contributed by atoms with Crippen LogP contribution in [-0.2, 0) is 4.74 Å². The molecule has 1 aliphatic heterocycles. The maximum atomic E-state index is 12.2. The molecule has 1 aliphatic rings. The molecule has 3 heterocycles. The molecule has 8 heteroatoms. The van der Waals surface area contributed by atoms with Gasteiger partial charge in [-0.3, -0.25) is 0 Å². The minimum Gasteiger partial charge on any atom is -0.444 e. The Labute approximate surface area is 163 Å². The maximum Gasteiger partial charge on any atom is 0.410 e. The van der Waals surface area contributed by atoms with Crippen molar-refractivity contribution in [3.8, 4) is 11.4 Å². The minimum atomic E-state index is -0.483. The first-order chi connectivity index (χ1) is 13.4. The molecule has 2 aromatic heterocycles. The molecule has 3 aromatic rings. The summed E-state index contributed by atoms with van der Waals surface area (Å²) in [7, 11) is 0. The van der Waals surface area contributed by atoms with E-state index in [1.807, 2.05) is 63.2 Å². The number of rotatable bonds is 2. The van der Waals surface area contributed by atoms with Gasteiger partial charge < -0.3 is 14.5 Å². The SMILES string of the molecule is CC(C)(C)OC(=O)N1CCN(c2ccc3nnc(-c4ccccc4)n3n2)CC1. The number of carbonyl (C=O) groups is 1. The lowest BCUT2D eigenvalue weighted by atomic mass is 10.2. The van der Waals surface area contributed by atoms with E-state index < -0.39 is 5.60 Å². The topological polar surface area (TPSA) is 75.9 Å². The molecular weight excluding hydrogens is 356 g/mol. The molecule has 1 amide bonds. The van der Waals surface area contributed by atoms with Crippen molar-refractivity contribution in [1.29, 1.82) is 0 Å². The number of fused-ring (bicyclic) bond motifs is 1. The summed E-state index contributed by atoms with van der Waals surface area (Å²) in [5.41, 5.74) is 1.19. The Morgan fingerprint density at radius 3 is 2.36 bits per heavy atom. The highest BCUT2D eigenvalue weighted by molar-refractivity contribution is 5.68. The van der Waals surface area contributed by atoms with Crippen molar-refractivity contribution >= 4 is 17.6 Å². The Morgan fingerprint density at radius 2 is 1.68 bits per heavy atom. The van der Waals surface area contributed by atoms with Gasteiger partial charge in [0.2, 0.25) is 0 Å². The van der Waals surface area contributed by atoms with Crippen LogP contribution in [-0.4, -0.2) is 62.6 Å². The van der Waals surface area contributed by atoms with E-state index in [-0.39, 0.29) is 6.09 Å². The molecule has 0 bridgehead atoms. The zero-order chi connectivity index (χ0) is 19.7. The highest BCUT2D eigenvalue weighted by atomic mass is 16.6. The number of hydrogen-bond acceptors (Lipinski definition) is 6. The quantitative estimate of drug-likeness (QED) is 0.680. The zero-order valence-electron chi connectivity index (χ0n) is 16.4. The molecule has 8 nitrogen and oxygen atoms in total. The molecule has 28 heavy (non-hydrogen) atoms. The van der Waals surface area contributed by atoms with Crippen LogP contribution in [0.4, 0.5) is 10.6 Å². The van der Waals surface area contributed by atoms with Crippen molar-refractivity contribution in [2.75, 3.05) is 31.1 Å². The molecule has 0 aliphatic carbocycles. The van der Waals surface area contributed by atoms with Gasteiger partial charge in [0, 0.05) is 31.7 Å². The third kappa shape index (κ3) is 3.76. The van der Waals surface area contributed by atoms with Crippen LogP contribution in [0.3, 0.4) is 0 Å². The van der Waals surface area contributed by atoms with E-state index >= 15 is 0 Å². The fraction of sp³-hybridized carbons (Fsp3) is 0.400. The van der Waals surface area contributed by atoms with Gasteiger partial charge in [0.15, 0.2) is 11.5 Å². The molecule has 0 N–H and O–H groups in total. The third-order valence-corrected chi connectivity index (χ3v) is 4.54. The van der Waals surface area contributed by atoms with Gasteiger partial charge >= 0.3 is 6.09 Å². The lowest BCUT2D eigenvalue weighted by molar-refractivity contribution is 0.0240. The summed E-state index contributed by atoms with van der Waals surface area (Å²) in [5, 5.41) is 13.2. The second-order valence-corrected chi connectivity index (χ2v) is 7.81. The Kier molecular flexibility index (Phi) is 4.62. The van der Waals surface area contributed by atoms with E-state index in [2.05, 4.69) is 15.1 Å². The van der Waals surface area contributed by atoms with E-state index in [0.717, 1.165) is 11.4 Å². The molecule has 0 radical (unpaired) electrons. The van der Waals surface area contributed by atoms with E-state index in [4.69, 9.17) is 9.84 Å². The molecule has 146 valence electrons. The van der Waals surface area contributed by atoms with Crippen LogP contribution in [0.1, 0.15) is 20.8 Å². The van der Waals surface area contributed by atoms with Crippen LogP contribution in [0, 0.1) is 0 Å². The summed E-state index contributed by atoms with van der Waals surface area (Å²) >= 11 is 0. The Balaban J connectivity index is 1.51. The van der Waals surface area contributed by atoms with Crippen molar-refractivity contribution in [3.05, 3.63) is 42.5 Å². The smallest absolute Gasteiger partial charge is 0.410 e. The molecule has 1 aromatic carbocycles. The fourth-order valence-corrected chi connectivity index (χ4v) is 3.16. The predicted molar refractivity (Wildman–Crippen MR) is 106 cm³/mol. The van der Waals surface area contributed by atoms with Crippen LogP contribution in [0.2, 0.25) is 0 Å². The number of piperazine rings is 1. The summed E-state index contributed by atoms with van der Waals surface area (Å²) in [6.45, 7) is 8.23. The van der Waals surface area contributed by atoms with Gasteiger partial charge in [0.05, 0.1) is 0 Å². The van der Waals surface area contributed by atoms with Gasteiger partial charge in [-0.2, -0.15) is 4.52 Å². The lowest BCUT2D eigenvalue weighted by Gasteiger charge is -2.36. The van der Waals surface area contributed by atoms with Crippen molar-refractivity contribution in [3.63, 3.8) is 0 Å². The standard InChI is InChI=1S/C20H24N6O2/c1-20(2,3)28-19(27)25-13-11-24(12-14-25)17-10-9-16-21-22-18(26(16)23-17)15-7-5-4-6-8-15/h4-10H,11-14H2,1-3H3. The van der Waals surface area contributed by atoms with Gasteiger partial charge in [-0.25, -0.2) is 4.79 Å². The van der Waals surface area contributed by atoms with Gasteiger partial charge in [-0.05, 0) is 32.9 Å². The first-order valence-electron chi connectivity index (χ1n) is 9.41. The fourth-order valence-electron chi connectivity index (χ4n) is 3.16. The van der Waals surface area contributed by atoms with Crippen LogP contribution in [0.25, 0.3) is 17.0 Å². The summed E-state index contributed by atoms with van der Waals surface area (Å²) in [6.07, 6.45) is -0.263. The monoisotopic (exact) mass is 380 g/mol. The van der Waals surface area contributed by atoms with Gasteiger partial charge in [0.25, 0.3) is 0 Å². The highest BCUT2D eigenvalue weighted by Crippen LogP contribution is 2.20. The Hall–Kier alpha value is -3.16. The number of hydrogen-bond donors (Lipinski definition) is 0. The van der Waals surface area contributed by atoms with Crippen molar-refractivity contribution in [2.24, 2.45) is 0 Å². The van der Waals surface area contributed by atoms with Crippen molar-refractivity contribution in [2.45, 2.75) is 26.4 Å². The molecule has 1 saturated heterocycles. The lowest BCUT2D eigenvalue weighted by Crippen LogP contribution is -2.50. The molecule has 0 spiro atoms. The van der Waals surface area contributed by atoms with Crippen LogP contribution in [0.5, 0.6) is 0 Å². The number of ether oxygens (including phenoxy) is 1. The Bertz CT molecular complexity index is 971. The van der Waals surface area contributed by atoms with Crippen molar-refractivity contribution in [1.82, 2.24) is 24.7 Å². The van der Waals surface area contributed by atoms with Gasteiger partial charge in [-0.1, -0.05) is 30.3 Å². The molecule has 0 atom stereocenters. The number of amides is 1. The molecule has 0 saturated carbocycles. The summed E-state index contributed by atoms with van der Waals surface area (Å²) in [6, 6.07) is 13.8. The number of nitrogens with zero attached hydrogens (tertiary/aromatic N) is 6. The van der Waals surface area contributed by atoms with Gasteiger partial charge in [-0.15, -0.1) is 15.3 Å². The molecule has 0 unspecified atom stereocenters. The average molecular weight is 380 g/mol. The Morgan fingerprint density at radius 1 is 0.964 bits per heavy atom.